The third kappa shape index (κ3) is 4.31. The molecule has 0 spiro atoms. The quantitative estimate of drug-likeness (QED) is 0.580. The number of hydrogen-bond acceptors (Lipinski definition) is 3. The van der Waals surface area contributed by atoms with E-state index in [2.05, 4.69) is 0 Å². The highest BCUT2D eigenvalue weighted by atomic mass is 16.5. The van der Waals surface area contributed by atoms with Gasteiger partial charge in [0.25, 0.3) is 0 Å². The molecule has 0 aliphatic heterocycles. The summed E-state index contributed by atoms with van der Waals surface area (Å²) in [5.74, 6) is 0.422. The molecule has 0 aliphatic carbocycles. The van der Waals surface area contributed by atoms with Crippen LogP contribution in [0.4, 0.5) is 0 Å². The Hall–Kier alpha value is -1.77. The number of benzene rings is 1. The lowest BCUT2D eigenvalue weighted by atomic mass is 10.1. The first kappa shape index (κ1) is 13.3. The van der Waals surface area contributed by atoms with Gasteiger partial charge in [0.1, 0.15) is 5.75 Å². The predicted octanol–water partition coefficient (Wildman–Crippen LogP) is 2.97. The van der Waals surface area contributed by atoms with Gasteiger partial charge in [0.2, 0.25) is 0 Å². The molecule has 0 radical (unpaired) electrons. The summed E-state index contributed by atoms with van der Waals surface area (Å²) in [5, 5.41) is 0. The van der Waals surface area contributed by atoms with Crippen molar-refractivity contribution in [2.45, 2.75) is 20.3 Å². The molecular weight excluding hydrogens is 216 g/mol. The first-order chi connectivity index (χ1) is 8.17. The first-order valence-corrected chi connectivity index (χ1v) is 5.67. The maximum atomic E-state index is 11.3. The van der Waals surface area contributed by atoms with E-state index in [0.717, 1.165) is 23.3 Å². The van der Waals surface area contributed by atoms with Crippen LogP contribution in [0.5, 0.6) is 5.75 Å². The molecule has 1 aromatic carbocycles. The summed E-state index contributed by atoms with van der Waals surface area (Å²) in [7, 11) is 1.61. The van der Waals surface area contributed by atoms with E-state index in [9.17, 15) is 4.79 Å². The van der Waals surface area contributed by atoms with Gasteiger partial charge in [-0.2, -0.15) is 0 Å². The number of carbonyl (C=O) groups excluding carboxylic acids is 1. The highest BCUT2D eigenvalue weighted by Gasteiger charge is 2.01. The Morgan fingerprint density at radius 3 is 2.82 bits per heavy atom. The third-order valence-electron chi connectivity index (χ3n) is 2.23. The van der Waals surface area contributed by atoms with Crippen LogP contribution in [0.15, 0.2) is 24.3 Å². The van der Waals surface area contributed by atoms with Crippen molar-refractivity contribution in [2.75, 3.05) is 13.7 Å². The first-order valence-electron chi connectivity index (χ1n) is 5.67. The van der Waals surface area contributed by atoms with Gasteiger partial charge in [-0.25, -0.2) is 4.79 Å². The second-order valence-electron chi connectivity index (χ2n) is 3.75. The van der Waals surface area contributed by atoms with E-state index in [1.807, 2.05) is 32.0 Å². The lowest BCUT2D eigenvalue weighted by molar-refractivity contribution is -0.137. The van der Waals surface area contributed by atoms with Crippen LogP contribution in [0.25, 0.3) is 6.08 Å². The molecule has 0 saturated carbocycles. The minimum atomic E-state index is -0.324. The Bertz CT molecular complexity index is 408. The largest absolute Gasteiger partial charge is 0.496 e. The number of rotatable bonds is 5. The molecule has 1 rings (SSSR count). The van der Waals surface area contributed by atoms with Crippen molar-refractivity contribution in [3.05, 3.63) is 35.4 Å². The zero-order chi connectivity index (χ0) is 12.7. The van der Waals surface area contributed by atoms with Crippen LogP contribution in [0.1, 0.15) is 24.5 Å². The van der Waals surface area contributed by atoms with Gasteiger partial charge in [-0.15, -0.1) is 0 Å². The van der Waals surface area contributed by atoms with Gasteiger partial charge in [0, 0.05) is 11.6 Å². The van der Waals surface area contributed by atoms with Gasteiger partial charge >= 0.3 is 5.97 Å². The summed E-state index contributed by atoms with van der Waals surface area (Å²) in [6.07, 6.45) is 3.96. The van der Waals surface area contributed by atoms with Gasteiger partial charge < -0.3 is 9.47 Å². The average Bonchev–Trinajstić information content (AvgIpc) is 2.34. The second kappa shape index (κ2) is 6.74. The van der Waals surface area contributed by atoms with Crippen molar-refractivity contribution in [2.24, 2.45) is 0 Å². The number of hydrogen-bond donors (Lipinski definition) is 0. The van der Waals surface area contributed by atoms with Crippen molar-refractivity contribution in [1.82, 2.24) is 0 Å². The Labute approximate surface area is 102 Å². The van der Waals surface area contributed by atoms with E-state index in [4.69, 9.17) is 9.47 Å². The summed E-state index contributed by atoms with van der Waals surface area (Å²) in [5.41, 5.74) is 1.99. The standard InChI is InChI=1S/C14H18O3/c1-4-9-17-14(15)8-6-12-10-11(2)5-7-13(12)16-3/h5-8,10H,4,9H2,1-3H3. The smallest absolute Gasteiger partial charge is 0.330 e. The number of carbonyl (C=O) groups is 1. The summed E-state index contributed by atoms with van der Waals surface area (Å²) in [4.78, 5) is 11.3. The topological polar surface area (TPSA) is 35.5 Å². The van der Waals surface area contributed by atoms with Crippen molar-refractivity contribution >= 4 is 12.0 Å². The van der Waals surface area contributed by atoms with Crippen molar-refractivity contribution in [3.63, 3.8) is 0 Å². The molecule has 0 N–H and O–H groups in total. The average molecular weight is 234 g/mol. The number of methoxy groups -OCH3 is 1. The Morgan fingerprint density at radius 1 is 1.41 bits per heavy atom. The highest BCUT2D eigenvalue weighted by molar-refractivity contribution is 5.87. The number of aryl methyl sites for hydroxylation is 1. The molecule has 0 heterocycles. The third-order valence-corrected chi connectivity index (χ3v) is 2.23. The van der Waals surface area contributed by atoms with Crippen LogP contribution < -0.4 is 4.74 Å². The van der Waals surface area contributed by atoms with Crippen LogP contribution in [0.3, 0.4) is 0 Å². The fourth-order valence-electron chi connectivity index (χ4n) is 1.39. The molecule has 0 aliphatic rings. The highest BCUT2D eigenvalue weighted by Crippen LogP contribution is 2.20. The minimum Gasteiger partial charge on any atom is -0.496 e. The molecule has 0 atom stereocenters. The minimum absolute atomic E-state index is 0.324. The van der Waals surface area contributed by atoms with Crippen molar-refractivity contribution in [1.29, 1.82) is 0 Å². The molecule has 3 nitrogen and oxygen atoms in total. The number of esters is 1. The predicted molar refractivity (Wildman–Crippen MR) is 68.0 cm³/mol. The van der Waals surface area contributed by atoms with E-state index in [1.165, 1.54) is 6.08 Å². The molecule has 1 aromatic rings. The SMILES string of the molecule is CCCOC(=O)C=Cc1cc(C)ccc1OC. The Balaban J connectivity index is 2.76. The summed E-state index contributed by atoms with van der Waals surface area (Å²) >= 11 is 0. The fourth-order valence-corrected chi connectivity index (χ4v) is 1.39. The van der Waals surface area contributed by atoms with E-state index in [-0.39, 0.29) is 5.97 Å². The molecule has 0 unspecified atom stereocenters. The summed E-state index contributed by atoms with van der Waals surface area (Å²) < 4.78 is 10.2. The molecule has 0 fully saturated rings. The van der Waals surface area contributed by atoms with E-state index in [0.29, 0.717) is 6.61 Å². The molecule has 17 heavy (non-hydrogen) atoms. The van der Waals surface area contributed by atoms with Gasteiger partial charge in [-0.05, 0) is 31.6 Å². The molecule has 3 heteroatoms. The second-order valence-corrected chi connectivity index (χ2v) is 3.75. The Kier molecular flexibility index (Phi) is 5.27. The monoisotopic (exact) mass is 234 g/mol. The molecule has 0 saturated heterocycles. The van der Waals surface area contributed by atoms with E-state index < -0.39 is 0 Å². The van der Waals surface area contributed by atoms with Crippen molar-refractivity contribution in [3.8, 4) is 5.75 Å². The summed E-state index contributed by atoms with van der Waals surface area (Å²) in [6, 6.07) is 5.81. The molecule has 0 bridgehead atoms. The van der Waals surface area contributed by atoms with Gasteiger partial charge in [-0.1, -0.05) is 18.6 Å². The zero-order valence-corrected chi connectivity index (χ0v) is 10.5. The van der Waals surface area contributed by atoms with Crippen LogP contribution in [-0.4, -0.2) is 19.7 Å². The summed E-state index contributed by atoms with van der Waals surface area (Å²) in [6.45, 7) is 4.40. The molecular formula is C14H18O3. The molecule has 92 valence electrons. The van der Waals surface area contributed by atoms with E-state index in [1.54, 1.807) is 13.2 Å². The van der Waals surface area contributed by atoms with Gasteiger partial charge in [0.15, 0.2) is 0 Å². The molecule has 0 aromatic heterocycles. The lowest BCUT2D eigenvalue weighted by Crippen LogP contribution is -2.00. The van der Waals surface area contributed by atoms with Crippen LogP contribution >= 0.6 is 0 Å². The normalized spacial score (nSPS) is 10.5. The van der Waals surface area contributed by atoms with Crippen LogP contribution in [-0.2, 0) is 9.53 Å². The van der Waals surface area contributed by atoms with Crippen LogP contribution in [0, 0.1) is 6.92 Å². The molecule has 0 amide bonds. The van der Waals surface area contributed by atoms with E-state index >= 15 is 0 Å². The Morgan fingerprint density at radius 2 is 2.18 bits per heavy atom. The maximum Gasteiger partial charge on any atom is 0.330 e. The van der Waals surface area contributed by atoms with Gasteiger partial charge in [0.05, 0.1) is 13.7 Å². The van der Waals surface area contributed by atoms with Crippen molar-refractivity contribution < 1.29 is 14.3 Å². The van der Waals surface area contributed by atoms with Crippen LogP contribution in [0.2, 0.25) is 0 Å². The fraction of sp³-hybridized carbons (Fsp3) is 0.357. The lowest BCUT2D eigenvalue weighted by Gasteiger charge is -2.05. The maximum absolute atomic E-state index is 11.3. The number of ether oxygens (including phenoxy) is 2. The van der Waals surface area contributed by atoms with Gasteiger partial charge in [-0.3, -0.25) is 0 Å². The zero-order valence-electron chi connectivity index (χ0n) is 10.5.